The molecule has 0 saturated carbocycles. The lowest BCUT2D eigenvalue weighted by Gasteiger charge is -2.20. The Balaban J connectivity index is 2.24. The standard InChI is InChI=1S/C18H13F4N3O/c1-10-17(18(22)24(2)23-10)25(9-26)16-6-4-3-5-11(16)12-7-14(20)15(21)8-13(12)19/h3-9H,1-2H3. The van der Waals surface area contributed by atoms with Crippen LogP contribution in [0.3, 0.4) is 0 Å². The van der Waals surface area contributed by atoms with Gasteiger partial charge < -0.3 is 0 Å². The number of aryl methyl sites for hydroxylation is 2. The van der Waals surface area contributed by atoms with Crippen molar-refractivity contribution in [1.29, 1.82) is 0 Å². The Hall–Kier alpha value is -3.16. The zero-order valence-corrected chi connectivity index (χ0v) is 13.8. The fourth-order valence-corrected chi connectivity index (χ4v) is 2.76. The van der Waals surface area contributed by atoms with E-state index in [1.54, 1.807) is 6.07 Å². The molecule has 1 aromatic heterocycles. The second-order valence-electron chi connectivity index (χ2n) is 5.59. The molecule has 0 N–H and O–H groups in total. The molecule has 3 rings (SSSR count). The van der Waals surface area contributed by atoms with Crippen LogP contribution in [0.5, 0.6) is 0 Å². The summed E-state index contributed by atoms with van der Waals surface area (Å²) in [5, 5.41) is 3.91. The number of hydrogen-bond donors (Lipinski definition) is 0. The van der Waals surface area contributed by atoms with E-state index in [-0.39, 0.29) is 28.2 Å². The fourth-order valence-electron chi connectivity index (χ4n) is 2.76. The van der Waals surface area contributed by atoms with E-state index >= 15 is 0 Å². The largest absolute Gasteiger partial charge is 0.278 e. The summed E-state index contributed by atoms with van der Waals surface area (Å²) in [6, 6.07) is 7.06. The van der Waals surface area contributed by atoms with Crippen molar-refractivity contribution in [3.63, 3.8) is 0 Å². The van der Waals surface area contributed by atoms with Gasteiger partial charge in [-0.1, -0.05) is 18.2 Å². The molecule has 3 aromatic rings. The molecular weight excluding hydrogens is 350 g/mol. The van der Waals surface area contributed by atoms with Gasteiger partial charge in [0.2, 0.25) is 12.4 Å². The molecule has 0 aliphatic rings. The lowest BCUT2D eigenvalue weighted by atomic mass is 10.0. The van der Waals surface area contributed by atoms with Crippen LogP contribution in [0.1, 0.15) is 5.69 Å². The van der Waals surface area contributed by atoms with E-state index in [4.69, 9.17) is 0 Å². The van der Waals surface area contributed by atoms with Crippen molar-refractivity contribution in [1.82, 2.24) is 9.78 Å². The summed E-state index contributed by atoms with van der Waals surface area (Å²) in [6.45, 7) is 1.51. The van der Waals surface area contributed by atoms with E-state index in [0.717, 1.165) is 9.58 Å². The third-order valence-electron chi connectivity index (χ3n) is 3.93. The Kier molecular flexibility index (Phi) is 4.50. The first-order chi connectivity index (χ1) is 12.3. The van der Waals surface area contributed by atoms with Crippen LogP contribution in [0.4, 0.5) is 28.9 Å². The van der Waals surface area contributed by atoms with Crippen molar-refractivity contribution < 1.29 is 22.4 Å². The van der Waals surface area contributed by atoms with Gasteiger partial charge in [0, 0.05) is 24.2 Å². The topological polar surface area (TPSA) is 38.1 Å². The van der Waals surface area contributed by atoms with Gasteiger partial charge >= 0.3 is 0 Å². The molecule has 0 radical (unpaired) electrons. The summed E-state index contributed by atoms with van der Waals surface area (Å²) in [5.74, 6) is -4.34. The number of carbonyl (C=O) groups is 1. The molecule has 134 valence electrons. The summed E-state index contributed by atoms with van der Waals surface area (Å²) in [4.78, 5) is 12.7. The number of aromatic nitrogens is 2. The van der Waals surface area contributed by atoms with Gasteiger partial charge in [-0.15, -0.1) is 0 Å². The second kappa shape index (κ2) is 6.62. The Labute approximate surface area is 146 Å². The number of para-hydroxylation sites is 1. The van der Waals surface area contributed by atoms with Crippen molar-refractivity contribution in [3.05, 3.63) is 65.5 Å². The van der Waals surface area contributed by atoms with E-state index in [1.165, 1.54) is 32.2 Å². The molecule has 8 heteroatoms. The molecule has 0 spiro atoms. The minimum Gasteiger partial charge on any atom is -0.278 e. The van der Waals surface area contributed by atoms with Gasteiger partial charge in [0.25, 0.3) is 0 Å². The quantitative estimate of drug-likeness (QED) is 0.395. The predicted octanol–water partition coefficient (Wildman–Crippen LogP) is 4.25. The number of carbonyl (C=O) groups excluding carboxylic acids is 1. The first kappa shape index (κ1) is 17.7. The Morgan fingerprint density at radius 1 is 1.00 bits per heavy atom. The normalized spacial score (nSPS) is 10.8. The number of hydrogen-bond acceptors (Lipinski definition) is 2. The second-order valence-corrected chi connectivity index (χ2v) is 5.59. The van der Waals surface area contributed by atoms with Crippen LogP contribution in [0, 0.1) is 30.3 Å². The molecule has 0 aliphatic carbocycles. The summed E-state index contributed by atoms with van der Waals surface area (Å²) < 4.78 is 56.4. The lowest BCUT2D eigenvalue weighted by molar-refractivity contribution is -0.106. The molecule has 0 saturated heterocycles. The van der Waals surface area contributed by atoms with Crippen molar-refractivity contribution in [2.24, 2.45) is 7.05 Å². The fraction of sp³-hybridized carbons (Fsp3) is 0.111. The van der Waals surface area contributed by atoms with Gasteiger partial charge in [-0.05, 0) is 19.1 Å². The summed E-state index contributed by atoms with van der Waals surface area (Å²) in [6.07, 6.45) is 0.351. The molecule has 2 aromatic carbocycles. The Morgan fingerprint density at radius 3 is 2.27 bits per heavy atom. The van der Waals surface area contributed by atoms with E-state index in [1.807, 2.05) is 0 Å². The zero-order chi connectivity index (χ0) is 19.0. The van der Waals surface area contributed by atoms with Crippen LogP contribution in [0.2, 0.25) is 0 Å². The average Bonchev–Trinajstić information content (AvgIpc) is 2.86. The van der Waals surface area contributed by atoms with Gasteiger partial charge in [-0.2, -0.15) is 9.49 Å². The number of rotatable bonds is 4. The highest BCUT2D eigenvalue weighted by Crippen LogP contribution is 2.38. The van der Waals surface area contributed by atoms with Gasteiger partial charge in [0.1, 0.15) is 11.5 Å². The van der Waals surface area contributed by atoms with Crippen molar-refractivity contribution >= 4 is 17.8 Å². The van der Waals surface area contributed by atoms with Crippen LogP contribution in [-0.4, -0.2) is 16.2 Å². The molecule has 0 atom stereocenters. The number of anilines is 2. The highest BCUT2D eigenvalue weighted by molar-refractivity contribution is 5.94. The molecule has 26 heavy (non-hydrogen) atoms. The first-order valence-electron chi connectivity index (χ1n) is 7.52. The van der Waals surface area contributed by atoms with Gasteiger partial charge in [0.05, 0.1) is 11.4 Å². The monoisotopic (exact) mass is 363 g/mol. The van der Waals surface area contributed by atoms with Gasteiger partial charge in [0.15, 0.2) is 11.6 Å². The summed E-state index contributed by atoms with van der Waals surface area (Å²) >= 11 is 0. The molecular formula is C18H13F4N3O. The van der Waals surface area contributed by atoms with Crippen LogP contribution in [-0.2, 0) is 11.8 Å². The molecule has 0 fully saturated rings. The Bertz CT molecular complexity index is 1000. The molecule has 0 aliphatic heterocycles. The van der Waals surface area contributed by atoms with Crippen LogP contribution >= 0.6 is 0 Å². The van der Waals surface area contributed by atoms with Gasteiger partial charge in [-0.3, -0.25) is 9.69 Å². The molecule has 0 unspecified atom stereocenters. The van der Waals surface area contributed by atoms with E-state index in [2.05, 4.69) is 5.10 Å². The minimum atomic E-state index is -1.33. The first-order valence-corrected chi connectivity index (χ1v) is 7.52. The van der Waals surface area contributed by atoms with E-state index in [0.29, 0.717) is 18.5 Å². The van der Waals surface area contributed by atoms with Crippen molar-refractivity contribution in [3.8, 4) is 11.1 Å². The lowest BCUT2D eigenvalue weighted by Crippen LogP contribution is -2.17. The highest BCUT2D eigenvalue weighted by Gasteiger charge is 2.24. The SMILES string of the molecule is Cc1nn(C)c(F)c1N(C=O)c1ccccc1-c1cc(F)c(F)cc1F. The van der Waals surface area contributed by atoms with Crippen molar-refractivity contribution in [2.75, 3.05) is 4.90 Å². The van der Waals surface area contributed by atoms with Gasteiger partial charge in [-0.25, -0.2) is 17.9 Å². The maximum absolute atomic E-state index is 14.4. The third-order valence-corrected chi connectivity index (χ3v) is 3.93. The number of halogens is 4. The minimum absolute atomic E-state index is 0.0960. The smallest absolute Gasteiger partial charge is 0.235 e. The number of nitrogens with zero attached hydrogens (tertiary/aromatic N) is 3. The van der Waals surface area contributed by atoms with Crippen LogP contribution in [0.25, 0.3) is 11.1 Å². The predicted molar refractivity (Wildman–Crippen MR) is 87.9 cm³/mol. The third kappa shape index (κ3) is 2.83. The molecule has 4 nitrogen and oxygen atoms in total. The maximum atomic E-state index is 14.4. The number of amides is 1. The van der Waals surface area contributed by atoms with Crippen LogP contribution < -0.4 is 4.90 Å². The Morgan fingerprint density at radius 2 is 1.65 bits per heavy atom. The maximum Gasteiger partial charge on any atom is 0.235 e. The highest BCUT2D eigenvalue weighted by atomic mass is 19.2. The zero-order valence-electron chi connectivity index (χ0n) is 13.8. The number of benzene rings is 2. The summed E-state index contributed by atoms with van der Waals surface area (Å²) in [5.41, 5.74) is 0.0602. The van der Waals surface area contributed by atoms with Crippen molar-refractivity contribution in [2.45, 2.75) is 6.92 Å². The molecule has 0 bridgehead atoms. The molecule has 1 heterocycles. The molecule has 1 amide bonds. The van der Waals surface area contributed by atoms with Crippen LogP contribution in [0.15, 0.2) is 36.4 Å². The van der Waals surface area contributed by atoms with E-state index in [9.17, 15) is 22.4 Å². The summed E-state index contributed by atoms with van der Waals surface area (Å²) in [7, 11) is 1.37. The van der Waals surface area contributed by atoms with E-state index < -0.39 is 23.4 Å². The average molecular weight is 363 g/mol.